The summed E-state index contributed by atoms with van der Waals surface area (Å²) in [6.07, 6.45) is 1.60. The molecule has 0 radical (unpaired) electrons. The molecule has 0 saturated heterocycles. The number of hydrogen-bond acceptors (Lipinski definition) is 3. The highest BCUT2D eigenvalue weighted by atomic mass is 16.5. The third kappa shape index (κ3) is 5.17. The third-order valence-corrected chi connectivity index (χ3v) is 5.54. The van der Waals surface area contributed by atoms with Gasteiger partial charge < -0.3 is 14.6 Å². The van der Waals surface area contributed by atoms with Gasteiger partial charge in [0.15, 0.2) is 0 Å². The van der Waals surface area contributed by atoms with E-state index in [-0.39, 0.29) is 5.91 Å². The van der Waals surface area contributed by atoms with Gasteiger partial charge in [0.1, 0.15) is 18.2 Å². The topological polar surface area (TPSA) is 56.2 Å². The SMILES string of the molecule is Cc1cccc(C(=O)NCCCc2nc3ccccc3n2CCOc2ccccc2C)c1. The van der Waals surface area contributed by atoms with Gasteiger partial charge in [-0.2, -0.15) is 0 Å². The first-order chi connectivity index (χ1) is 15.6. The second kappa shape index (κ2) is 10.1. The average Bonchev–Trinajstić information content (AvgIpc) is 3.15. The first kappa shape index (κ1) is 21.6. The third-order valence-electron chi connectivity index (χ3n) is 5.54. The van der Waals surface area contributed by atoms with E-state index in [0.29, 0.717) is 18.7 Å². The first-order valence-electron chi connectivity index (χ1n) is 11.1. The number of imidazole rings is 1. The number of amides is 1. The molecule has 0 aliphatic rings. The molecule has 1 N–H and O–H groups in total. The van der Waals surface area contributed by atoms with Crippen molar-refractivity contribution in [1.82, 2.24) is 14.9 Å². The second-order valence-electron chi connectivity index (χ2n) is 8.01. The van der Waals surface area contributed by atoms with E-state index in [1.807, 2.05) is 67.6 Å². The zero-order chi connectivity index (χ0) is 22.3. The minimum absolute atomic E-state index is 0.0335. The summed E-state index contributed by atoms with van der Waals surface area (Å²) in [5.41, 5.74) is 5.01. The molecule has 0 bridgehead atoms. The first-order valence-corrected chi connectivity index (χ1v) is 11.1. The van der Waals surface area contributed by atoms with Crippen LogP contribution in [0.15, 0.2) is 72.8 Å². The van der Waals surface area contributed by atoms with Crippen molar-refractivity contribution in [2.75, 3.05) is 13.2 Å². The fourth-order valence-electron chi connectivity index (χ4n) is 3.87. The smallest absolute Gasteiger partial charge is 0.251 e. The van der Waals surface area contributed by atoms with E-state index in [4.69, 9.17) is 9.72 Å². The Labute approximate surface area is 189 Å². The van der Waals surface area contributed by atoms with Crippen LogP contribution in [0.5, 0.6) is 5.75 Å². The maximum atomic E-state index is 12.4. The molecule has 164 valence electrons. The van der Waals surface area contributed by atoms with Gasteiger partial charge in [0, 0.05) is 18.5 Å². The molecule has 1 aromatic heterocycles. The molecule has 0 spiro atoms. The van der Waals surface area contributed by atoms with Gasteiger partial charge in [-0.1, -0.05) is 48.0 Å². The summed E-state index contributed by atoms with van der Waals surface area (Å²) >= 11 is 0. The molecule has 3 aromatic carbocycles. The maximum Gasteiger partial charge on any atom is 0.251 e. The van der Waals surface area contributed by atoms with Gasteiger partial charge in [-0.3, -0.25) is 4.79 Å². The molecule has 1 amide bonds. The Balaban J connectivity index is 1.37. The van der Waals surface area contributed by atoms with Crippen molar-refractivity contribution >= 4 is 16.9 Å². The molecule has 1 heterocycles. The summed E-state index contributed by atoms with van der Waals surface area (Å²) in [7, 11) is 0. The number of ether oxygens (including phenoxy) is 1. The zero-order valence-corrected chi connectivity index (χ0v) is 18.7. The monoisotopic (exact) mass is 427 g/mol. The van der Waals surface area contributed by atoms with Crippen LogP contribution in [0, 0.1) is 13.8 Å². The van der Waals surface area contributed by atoms with Crippen molar-refractivity contribution in [3.8, 4) is 5.75 Å². The van der Waals surface area contributed by atoms with Gasteiger partial charge in [0.05, 0.1) is 17.6 Å². The molecular weight excluding hydrogens is 398 g/mol. The number of para-hydroxylation sites is 3. The van der Waals surface area contributed by atoms with Crippen LogP contribution < -0.4 is 10.1 Å². The lowest BCUT2D eigenvalue weighted by Gasteiger charge is -2.12. The molecule has 5 nitrogen and oxygen atoms in total. The number of carbonyl (C=O) groups excluding carboxylic acids is 1. The summed E-state index contributed by atoms with van der Waals surface area (Å²) in [5, 5.41) is 3.02. The normalized spacial score (nSPS) is 10.9. The van der Waals surface area contributed by atoms with Crippen LogP contribution in [0.4, 0.5) is 0 Å². The Morgan fingerprint density at radius 3 is 2.66 bits per heavy atom. The number of nitrogens with one attached hydrogen (secondary N) is 1. The van der Waals surface area contributed by atoms with E-state index in [1.54, 1.807) is 0 Å². The Morgan fingerprint density at radius 2 is 1.81 bits per heavy atom. The predicted octanol–water partition coefficient (Wildman–Crippen LogP) is 5.09. The van der Waals surface area contributed by atoms with Crippen LogP contribution in [-0.4, -0.2) is 28.6 Å². The highest BCUT2D eigenvalue weighted by Crippen LogP contribution is 2.19. The fourth-order valence-corrected chi connectivity index (χ4v) is 3.87. The van der Waals surface area contributed by atoms with Crippen molar-refractivity contribution in [2.24, 2.45) is 0 Å². The number of aromatic nitrogens is 2. The molecule has 4 rings (SSSR count). The van der Waals surface area contributed by atoms with Crippen molar-refractivity contribution in [1.29, 1.82) is 0 Å². The van der Waals surface area contributed by atoms with Gasteiger partial charge >= 0.3 is 0 Å². The van der Waals surface area contributed by atoms with Crippen molar-refractivity contribution in [3.05, 3.63) is 95.3 Å². The van der Waals surface area contributed by atoms with E-state index in [9.17, 15) is 4.79 Å². The number of nitrogens with zero attached hydrogens (tertiary/aromatic N) is 2. The minimum Gasteiger partial charge on any atom is -0.491 e. The van der Waals surface area contributed by atoms with Gasteiger partial charge in [-0.05, 0) is 56.2 Å². The van der Waals surface area contributed by atoms with E-state index < -0.39 is 0 Å². The summed E-state index contributed by atoms with van der Waals surface area (Å²) < 4.78 is 8.26. The number of aryl methyl sites for hydroxylation is 3. The molecule has 4 aromatic rings. The second-order valence-corrected chi connectivity index (χ2v) is 8.01. The van der Waals surface area contributed by atoms with E-state index >= 15 is 0 Å². The lowest BCUT2D eigenvalue weighted by Crippen LogP contribution is -2.25. The van der Waals surface area contributed by atoms with Crippen molar-refractivity contribution in [3.63, 3.8) is 0 Å². The molecule has 0 aliphatic heterocycles. The fraction of sp³-hybridized carbons (Fsp3) is 0.259. The predicted molar refractivity (Wildman–Crippen MR) is 128 cm³/mol. The van der Waals surface area contributed by atoms with Gasteiger partial charge in [0.2, 0.25) is 0 Å². The molecular formula is C27H29N3O2. The van der Waals surface area contributed by atoms with Crippen LogP contribution in [0.1, 0.15) is 33.7 Å². The summed E-state index contributed by atoms with van der Waals surface area (Å²) in [6.45, 7) is 5.94. The molecule has 0 fully saturated rings. The minimum atomic E-state index is -0.0335. The average molecular weight is 428 g/mol. The van der Waals surface area contributed by atoms with Crippen LogP contribution in [-0.2, 0) is 13.0 Å². The van der Waals surface area contributed by atoms with E-state index in [0.717, 1.165) is 53.1 Å². The number of hydrogen-bond donors (Lipinski definition) is 1. The van der Waals surface area contributed by atoms with Crippen LogP contribution in [0.2, 0.25) is 0 Å². The Bertz CT molecular complexity index is 1210. The highest BCUT2D eigenvalue weighted by Gasteiger charge is 2.11. The number of carbonyl (C=O) groups is 1. The Morgan fingerprint density at radius 1 is 1.00 bits per heavy atom. The van der Waals surface area contributed by atoms with E-state index in [1.165, 1.54) is 0 Å². The summed E-state index contributed by atoms with van der Waals surface area (Å²) in [6, 6.07) is 23.9. The van der Waals surface area contributed by atoms with Crippen LogP contribution in [0.3, 0.4) is 0 Å². The van der Waals surface area contributed by atoms with Gasteiger partial charge in [-0.25, -0.2) is 4.98 Å². The number of benzene rings is 3. The van der Waals surface area contributed by atoms with E-state index in [2.05, 4.69) is 28.9 Å². The van der Waals surface area contributed by atoms with Crippen molar-refractivity contribution < 1.29 is 9.53 Å². The Hall–Kier alpha value is -3.60. The van der Waals surface area contributed by atoms with Crippen molar-refractivity contribution in [2.45, 2.75) is 33.2 Å². The molecule has 0 saturated carbocycles. The quantitative estimate of drug-likeness (QED) is 0.378. The largest absolute Gasteiger partial charge is 0.491 e. The van der Waals surface area contributed by atoms with Crippen LogP contribution >= 0.6 is 0 Å². The molecule has 0 atom stereocenters. The highest BCUT2D eigenvalue weighted by molar-refractivity contribution is 5.94. The molecule has 0 aliphatic carbocycles. The molecule has 32 heavy (non-hydrogen) atoms. The molecule has 5 heteroatoms. The summed E-state index contributed by atoms with van der Waals surface area (Å²) in [5.74, 6) is 1.90. The summed E-state index contributed by atoms with van der Waals surface area (Å²) in [4.78, 5) is 17.2. The van der Waals surface area contributed by atoms with Gasteiger partial charge in [0.25, 0.3) is 5.91 Å². The Kier molecular flexibility index (Phi) is 6.85. The lowest BCUT2D eigenvalue weighted by atomic mass is 10.1. The molecule has 0 unspecified atom stereocenters. The maximum absolute atomic E-state index is 12.4. The van der Waals surface area contributed by atoms with Gasteiger partial charge in [-0.15, -0.1) is 0 Å². The number of rotatable bonds is 9. The zero-order valence-electron chi connectivity index (χ0n) is 18.7. The lowest BCUT2D eigenvalue weighted by molar-refractivity contribution is 0.0953. The van der Waals surface area contributed by atoms with Crippen LogP contribution in [0.25, 0.3) is 11.0 Å². The standard InChI is InChI=1S/C27H29N3O2/c1-20-9-7-11-22(19-20)27(31)28-16-8-15-26-29-23-12-4-5-13-24(23)30(26)17-18-32-25-14-6-3-10-21(25)2/h3-7,9-14,19H,8,15-18H2,1-2H3,(H,28,31). The number of fused-ring (bicyclic) bond motifs is 1.